The maximum atomic E-state index is 10.9. The minimum absolute atomic E-state index is 0.0435. The van der Waals surface area contributed by atoms with Crippen molar-refractivity contribution in [3.63, 3.8) is 0 Å². The molecule has 0 atom stereocenters. The first kappa shape index (κ1) is 12.0. The smallest absolute Gasteiger partial charge is 0.333 e. The van der Waals surface area contributed by atoms with Gasteiger partial charge in [-0.2, -0.15) is 5.10 Å². The monoisotopic (exact) mass is 222 g/mol. The Balaban J connectivity index is 3.01. The SMILES string of the molecule is C#CCCNc1c([N+](=O)[O-])c(CC)nn1C. The molecule has 0 saturated carbocycles. The molecule has 0 amide bonds. The first-order valence-electron chi connectivity index (χ1n) is 4.99. The second kappa shape index (κ2) is 5.16. The predicted molar refractivity (Wildman–Crippen MR) is 61.2 cm³/mol. The van der Waals surface area contributed by atoms with Gasteiger partial charge in [0, 0.05) is 20.0 Å². The molecule has 0 bridgehead atoms. The summed E-state index contributed by atoms with van der Waals surface area (Å²) in [6.07, 6.45) is 6.16. The summed E-state index contributed by atoms with van der Waals surface area (Å²) in [5.74, 6) is 2.88. The number of nitrogens with one attached hydrogen (secondary N) is 1. The first-order valence-corrected chi connectivity index (χ1v) is 4.99. The van der Waals surface area contributed by atoms with E-state index < -0.39 is 4.92 Å². The number of hydrogen-bond donors (Lipinski definition) is 1. The Labute approximate surface area is 93.8 Å². The Kier molecular flexibility index (Phi) is 3.89. The van der Waals surface area contributed by atoms with Crippen LogP contribution in [0, 0.1) is 22.5 Å². The quantitative estimate of drug-likeness (QED) is 0.353. The molecule has 0 aliphatic rings. The van der Waals surface area contributed by atoms with E-state index in [0.717, 1.165) is 0 Å². The molecule has 0 aliphatic heterocycles. The maximum absolute atomic E-state index is 10.9. The van der Waals surface area contributed by atoms with Gasteiger partial charge in [0.25, 0.3) is 0 Å². The standard InChI is InChI=1S/C10H14N4O2/c1-4-6-7-11-10-9(14(15)16)8(5-2)12-13(10)3/h1,11H,5-7H2,2-3H3. The van der Waals surface area contributed by atoms with Gasteiger partial charge in [0.05, 0.1) is 4.92 Å². The number of rotatable bonds is 5. The van der Waals surface area contributed by atoms with E-state index in [1.807, 2.05) is 6.92 Å². The zero-order chi connectivity index (χ0) is 12.1. The highest BCUT2D eigenvalue weighted by molar-refractivity contribution is 5.59. The fraction of sp³-hybridized carbons (Fsp3) is 0.500. The van der Waals surface area contributed by atoms with Gasteiger partial charge in [0.15, 0.2) is 0 Å². The van der Waals surface area contributed by atoms with Gasteiger partial charge in [-0.25, -0.2) is 4.68 Å². The molecule has 0 aliphatic carbocycles. The molecular formula is C10H14N4O2. The van der Waals surface area contributed by atoms with E-state index >= 15 is 0 Å². The van der Waals surface area contributed by atoms with Gasteiger partial charge in [-0.3, -0.25) is 10.1 Å². The van der Waals surface area contributed by atoms with Crippen LogP contribution in [0.3, 0.4) is 0 Å². The van der Waals surface area contributed by atoms with Crippen LogP contribution in [0.4, 0.5) is 11.5 Å². The topological polar surface area (TPSA) is 73.0 Å². The van der Waals surface area contributed by atoms with Crippen LogP contribution in [0.5, 0.6) is 0 Å². The van der Waals surface area contributed by atoms with E-state index in [0.29, 0.717) is 30.9 Å². The summed E-state index contributed by atoms with van der Waals surface area (Å²) in [6, 6.07) is 0. The molecule has 86 valence electrons. The summed E-state index contributed by atoms with van der Waals surface area (Å²) in [4.78, 5) is 10.5. The van der Waals surface area contributed by atoms with E-state index in [4.69, 9.17) is 6.42 Å². The third-order valence-corrected chi connectivity index (χ3v) is 2.17. The van der Waals surface area contributed by atoms with E-state index in [9.17, 15) is 10.1 Å². The minimum Gasteiger partial charge on any atom is -0.364 e. The Morgan fingerprint density at radius 3 is 2.88 bits per heavy atom. The number of terminal acetylenes is 1. The van der Waals surface area contributed by atoms with Gasteiger partial charge >= 0.3 is 5.69 Å². The predicted octanol–water partition coefficient (Wildman–Crippen LogP) is 1.33. The number of aromatic nitrogens is 2. The van der Waals surface area contributed by atoms with Gasteiger partial charge < -0.3 is 5.32 Å². The highest BCUT2D eigenvalue weighted by Crippen LogP contribution is 2.28. The molecule has 1 aromatic heterocycles. The summed E-state index contributed by atoms with van der Waals surface area (Å²) < 4.78 is 1.48. The van der Waals surface area contributed by atoms with E-state index in [-0.39, 0.29) is 5.69 Å². The van der Waals surface area contributed by atoms with Crippen molar-refractivity contribution >= 4 is 11.5 Å². The second-order valence-electron chi connectivity index (χ2n) is 3.26. The van der Waals surface area contributed by atoms with Gasteiger partial charge in [-0.15, -0.1) is 12.3 Å². The van der Waals surface area contributed by atoms with Gasteiger partial charge in [0.2, 0.25) is 5.82 Å². The summed E-state index contributed by atoms with van der Waals surface area (Å²) in [5, 5.41) is 17.9. The number of anilines is 1. The third kappa shape index (κ3) is 2.31. The molecular weight excluding hydrogens is 208 g/mol. The first-order chi connectivity index (χ1) is 7.61. The van der Waals surface area contributed by atoms with Crippen molar-refractivity contribution < 1.29 is 4.92 Å². The van der Waals surface area contributed by atoms with Crippen LogP contribution >= 0.6 is 0 Å². The van der Waals surface area contributed by atoms with Crippen molar-refractivity contribution in [3.05, 3.63) is 15.8 Å². The maximum Gasteiger partial charge on any atom is 0.333 e. The van der Waals surface area contributed by atoms with Crippen LogP contribution in [-0.4, -0.2) is 21.2 Å². The molecule has 1 aromatic rings. The van der Waals surface area contributed by atoms with Crippen molar-refractivity contribution in [1.82, 2.24) is 9.78 Å². The van der Waals surface area contributed by atoms with Crippen molar-refractivity contribution in [2.24, 2.45) is 7.05 Å². The largest absolute Gasteiger partial charge is 0.364 e. The number of nitro groups is 1. The molecule has 6 heteroatoms. The number of hydrogen-bond acceptors (Lipinski definition) is 4. The van der Waals surface area contributed by atoms with Crippen LogP contribution in [0.25, 0.3) is 0 Å². The molecule has 0 radical (unpaired) electrons. The third-order valence-electron chi connectivity index (χ3n) is 2.17. The van der Waals surface area contributed by atoms with Gasteiger partial charge in [-0.1, -0.05) is 6.92 Å². The van der Waals surface area contributed by atoms with E-state index in [2.05, 4.69) is 16.3 Å². The molecule has 6 nitrogen and oxygen atoms in total. The Bertz CT molecular complexity index is 431. The van der Waals surface area contributed by atoms with Crippen molar-refractivity contribution in [2.75, 3.05) is 11.9 Å². The lowest BCUT2D eigenvalue weighted by atomic mass is 10.3. The lowest BCUT2D eigenvalue weighted by Gasteiger charge is -2.03. The minimum atomic E-state index is -0.413. The van der Waals surface area contributed by atoms with Crippen LogP contribution in [0.2, 0.25) is 0 Å². The summed E-state index contributed by atoms with van der Waals surface area (Å²) in [7, 11) is 1.67. The molecule has 1 N–H and O–H groups in total. The Morgan fingerprint density at radius 2 is 2.38 bits per heavy atom. The number of aryl methyl sites for hydroxylation is 2. The van der Waals surface area contributed by atoms with Gasteiger partial charge in [-0.05, 0) is 6.42 Å². The normalized spacial score (nSPS) is 9.81. The van der Waals surface area contributed by atoms with Crippen molar-refractivity contribution in [1.29, 1.82) is 0 Å². The van der Waals surface area contributed by atoms with Crippen LogP contribution in [0.15, 0.2) is 0 Å². The highest BCUT2D eigenvalue weighted by atomic mass is 16.6. The summed E-state index contributed by atoms with van der Waals surface area (Å²) >= 11 is 0. The average molecular weight is 222 g/mol. The zero-order valence-corrected chi connectivity index (χ0v) is 9.36. The van der Waals surface area contributed by atoms with Crippen LogP contribution < -0.4 is 5.32 Å². The molecule has 0 spiro atoms. The zero-order valence-electron chi connectivity index (χ0n) is 9.36. The molecule has 0 unspecified atom stereocenters. The van der Waals surface area contributed by atoms with E-state index in [1.165, 1.54) is 4.68 Å². The second-order valence-corrected chi connectivity index (χ2v) is 3.26. The highest BCUT2D eigenvalue weighted by Gasteiger charge is 2.24. The molecule has 1 rings (SSSR count). The number of nitrogens with zero attached hydrogens (tertiary/aromatic N) is 3. The van der Waals surface area contributed by atoms with Crippen LogP contribution in [0.1, 0.15) is 19.0 Å². The lowest BCUT2D eigenvalue weighted by molar-refractivity contribution is -0.384. The molecule has 1 heterocycles. The Morgan fingerprint density at radius 1 is 1.69 bits per heavy atom. The average Bonchev–Trinajstić information content (AvgIpc) is 2.56. The van der Waals surface area contributed by atoms with Gasteiger partial charge in [0.1, 0.15) is 5.69 Å². The molecule has 16 heavy (non-hydrogen) atoms. The van der Waals surface area contributed by atoms with E-state index in [1.54, 1.807) is 7.05 Å². The van der Waals surface area contributed by atoms with Crippen molar-refractivity contribution in [2.45, 2.75) is 19.8 Å². The summed E-state index contributed by atoms with van der Waals surface area (Å²) in [6.45, 7) is 2.33. The molecule has 0 saturated heterocycles. The lowest BCUT2D eigenvalue weighted by Crippen LogP contribution is -2.07. The fourth-order valence-electron chi connectivity index (χ4n) is 1.45. The molecule has 0 fully saturated rings. The summed E-state index contributed by atoms with van der Waals surface area (Å²) in [5.41, 5.74) is 0.526. The fourth-order valence-corrected chi connectivity index (χ4v) is 1.45. The molecule has 0 aromatic carbocycles. The van der Waals surface area contributed by atoms with Crippen molar-refractivity contribution in [3.8, 4) is 12.3 Å². The van der Waals surface area contributed by atoms with Crippen LogP contribution in [-0.2, 0) is 13.5 Å². The Hall–Kier alpha value is -2.03.